The van der Waals surface area contributed by atoms with Crippen molar-refractivity contribution in [3.8, 4) is 5.69 Å². The Morgan fingerprint density at radius 2 is 1.90 bits per heavy atom. The number of carbonyl (C=O) groups is 1. The van der Waals surface area contributed by atoms with E-state index in [2.05, 4.69) is 15.9 Å². The zero-order chi connectivity index (χ0) is 20.2. The molecule has 0 spiro atoms. The molecule has 0 radical (unpaired) electrons. The molecule has 30 heavy (non-hydrogen) atoms. The van der Waals surface area contributed by atoms with Crippen LogP contribution in [0.2, 0.25) is 0 Å². The van der Waals surface area contributed by atoms with Crippen molar-refractivity contribution in [2.75, 3.05) is 26.2 Å². The molecule has 1 atom stereocenters. The summed E-state index contributed by atoms with van der Waals surface area (Å²) in [6.45, 7) is 5.81. The van der Waals surface area contributed by atoms with E-state index >= 15 is 0 Å². The first-order valence-corrected chi connectivity index (χ1v) is 11.2. The number of fused-ring (bicyclic) bond motifs is 2. The molecule has 2 aliphatic heterocycles. The number of rotatable bonds is 3. The first kappa shape index (κ1) is 18.1. The number of hydrogen-bond donors (Lipinski definition) is 0. The van der Waals surface area contributed by atoms with Gasteiger partial charge >= 0.3 is 0 Å². The van der Waals surface area contributed by atoms with Crippen molar-refractivity contribution in [1.29, 1.82) is 0 Å². The van der Waals surface area contributed by atoms with Gasteiger partial charge in [-0.1, -0.05) is 18.2 Å². The van der Waals surface area contributed by atoms with Crippen molar-refractivity contribution in [2.24, 2.45) is 0 Å². The van der Waals surface area contributed by atoms with Gasteiger partial charge in [-0.05, 0) is 57.4 Å². The van der Waals surface area contributed by atoms with E-state index in [4.69, 9.17) is 10.1 Å². The normalized spacial score (nSPS) is 21.9. The van der Waals surface area contributed by atoms with E-state index in [-0.39, 0.29) is 5.91 Å². The topological polar surface area (TPSA) is 54.3 Å². The Morgan fingerprint density at radius 3 is 2.70 bits per heavy atom. The van der Waals surface area contributed by atoms with Gasteiger partial charge in [-0.15, -0.1) is 0 Å². The highest BCUT2D eigenvalue weighted by atomic mass is 16.2. The average molecular weight is 402 g/mol. The highest BCUT2D eigenvalue weighted by Gasteiger charge is 2.35. The molecule has 1 amide bonds. The molecular formula is C24H27N5O. The fraction of sp³-hybridized carbons (Fsp3) is 0.458. The van der Waals surface area contributed by atoms with Crippen LogP contribution in [0.1, 0.15) is 53.3 Å². The van der Waals surface area contributed by atoms with E-state index in [0.29, 0.717) is 12.0 Å². The summed E-state index contributed by atoms with van der Waals surface area (Å²) in [4.78, 5) is 23.3. The van der Waals surface area contributed by atoms with Crippen molar-refractivity contribution in [2.45, 2.75) is 44.6 Å². The van der Waals surface area contributed by atoms with Gasteiger partial charge in [-0.25, -0.2) is 9.67 Å². The summed E-state index contributed by atoms with van der Waals surface area (Å²) in [5.41, 5.74) is 4.49. The van der Waals surface area contributed by atoms with E-state index in [0.717, 1.165) is 66.1 Å². The van der Waals surface area contributed by atoms with Crippen LogP contribution in [0.4, 0.5) is 0 Å². The molecule has 1 aliphatic carbocycles. The van der Waals surface area contributed by atoms with Crippen molar-refractivity contribution >= 4 is 16.9 Å². The number of nitrogens with zero attached hydrogens (tertiary/aromatic N) is 5. The minimum absolute atomic E-state index is 0.145. The number of carbonyl (C=O) groups excluding carboxylic acids is 1. The zero-order valence-electron chi connectivity index (χ0n) is 17.4. The number of amides is 1. The molecule has 0 bridgehead atoms. The van der Waals surface area contributed by atoms with Crippen LogP contribution >= 0.6 is 0 Å². The number of piperazine rings is 1. The second-order valence-electron chi connectivity index (χ2n) is 8.98. The van der Waals surface area contributed by atoms with Gasteiger partial charge in [0.1, 0.15) is 0 Å². The highest BCUT2D eigenvalue weighted by Crippen LogP contribution is 2.41. The monoisotopic (exact) mass is 401 g/mol. The van der Waals surface area contributed by atoms with Gasteiger partial charge in [0, 0.05) is 37.3 Å². The Balaban J connectivity index is 1.46. The largest absolute Gasteiger partial charge is 0.336 e. The third-order valence-corrected chi connectivity index (χ3v) is 6.93. The molecule has 3 fully saturated rings. The molecule has 2 aromatic heterocycles. The minimum atomic E-state index is 0.145. The minimum Gasteiger partial charge on any atom is -0.336 e. The lowest BCUT2D eigenvalue weighted by Crippen LogP contribution is -2.52. The summed E-state index contributed by atoms with van der Waals surface area (Å²) in [5.74, 6) is 0.624. The van der Waals surface area contributed by atoms with Crippen LogP contribution in [0.5, 0.6) is 0 Å². The van der Waals surface area contributed by atoms with E-state index in [1.54, 1.807) is 0 Å². The lowest BCUT2D eigenvalue weighted by molar-refractivity contribution is 0.0573. The second-order valence-corrected chi connectivity index (χ2v) is 8.98. The Labute approximate surface area is 176 Å². The fourth-order valence-corrected chi connectivity index (χ4v) is 5.16. The zero-order valence-corrected chi connectivity index (χ0v) is 17.4. The molecule has 154 valence electrons. The van der Waals surface area contributed by atoms with Crippen molar-refractivity contribution in [1.82, 2.24) is 24.6 Å². The van der Waals surface area contributed by atoms with Crippen LogP contribution in [-0.2, 0) is 0 Å². The molecular weight excluding hydrogens is 374 g/mol. The predicted molar refractivity (Wildman–Crippen MR) is 116 cm³/mol. The lowest BCUT2D eigenvalue weighted by atomic mass is 10.0. The number of pyridine rings is 1. The molecule has 1 aromatic carbocycles. The van der Waals surface area contributed by atoms with Crippen LogP contribution in [0.15, 0.2) is 36.4 Å². The van der Waals surface area contributed by atoms with Crippen molar-refractivity contribution in [3.05, 3.63) is 53.3 Å². The van der Waals surface area contributed by atoms with Gasteiger partial charge in [0.2, 0.25) is 0 Å². The van der Waals surface area contributed by atoms with Crippen LogP contribution in [0.25, 0.3) is 16.7 Å². The standard InChI is InChI=1S/C24H27N5O/c1-16-22-20(24(30)28-13-12-27-11-5-8-19(27)15-28)14-21(17-9-10-17)25-23(22)29(26-16)18-6-3-2-4-7-18/h2-4,6-7,14,17,19H,5,8-13,15H2,1H3/t19-/m1/s1. The first-order valence-electron chi connectivity index (χ1n) is 11.2. The number of hydrogen-bond acceptors (Lipinski definition) is 4. The third kappa shape index (κ3) is 2.93. The number of aryl methyl sites for hydroxylation is 1. The Morgan fingerprint density at radius 1 is 1.07 bits per heavy atom. The van der Waals surface area contributed by atoms with Crippen LogP contribution < -0.4 is 0 Å². The smallest absolute Gasteiger partial charge is 0.254 e. The maximum Gasteiger partial charge on any atom is 0.254 e. The summed E-state index contributed by atoms with van der Waals surface area (Å²) < 4.78 is 1.90. The maximum absolute atomic E-state index is 13.7. The van der Waals surface area contributed by atoms with Gasteiger partial charge < -0.3 is 4.90 Å². The molecule has 6 nitrogen and oxygen atoms in total. The summed E-state index contributed by atoms with van der Waals surface area (Å²) in [6, 6.07) is 12.7. The molecule has 0 N–H and O–H groups in total. The number of aromatic nitrogens is 3. The third-order valence-electron chi connectivity index (χ3n) is 6.93. The van der Waals surface area contributed by atoms with E-state index in [1.165, 1.54) is 19.4 Å². The molecule has 0 unspecified atom stereocenters. The number of benzene rings is 1. The molecule has 6 rings (SSSR count). The van der Waals surface area contributed by atoms with Crippen molar-refractivity contribution in [3.63, 3.8) is 0 Å². The quantitative estimate of drug-likeness (QED) is 0.674. The maximum atomic E-state index is 13.7. The van der Waals surface area contributed by atoms with Crippen LogP contribution in [-0.4, -0.2) is 62.7 Å². The van der Waals surface area contributed by atoms with Gasteiger partial charge in [-0.3, -0.25) is 9.69 Å². The van der Waals surface area contributed by atoms with Gasteiger partial charge in [0.15, 0.2) is 5.65 Å². The van der Waals surface area contributed by atoms with Crippen molar-refractivity contribution < 1.29 is 4.79 Å². The van der Waals surface area contributed by atoms with Gasteiger partial charge in [0.05, 0.1) is 22.3 Å². The summed E-state index contributed by atoms with van der Waals surface area (Å²) in [5, 5.41) is 5.70. The predicted octanol–water partition coefficient (Wildman–Crippen LogP) is 3.53. The Kier molecular flexibility index (Phi) is 4.16. The summed E-state index contributed by atoms with van der Waals surface area (Å²) in [6.07, 6.45) is 4.77. The van der Waals surface area contributed by atoms with E-state index in [9.17, 15) is 4.79 Å². The highest BCUT2D eigenvalue weighted by molar-refractivity contribution is 6.07. The molecule has 4 heterocycles. The van der Waals surface area contributed by atoms with E-state index in [1.807, 2.05) is 41.9 Å². The Hall–Kier alpha value is -2.73. The van der Waals surface area contributed by atoms with Gasteiger partial charge in [0.25, 0.3) is 5.91 Å². The SMILES string of the molecule is Cc1nn(-c2ccccc2)c2nc(C3CC3)cc(C(=O)N3CCN4CCC[C@@H]4C3)c12. The Bertz CT molecular complexity index is 1120. The fourth-order valence-electron chi connectivity index (χ4n) is 5.16. The molecule has 3 aromatic rings. The molecule has 1 saturated carbocycles. The number of para-hydroxylation sites is 1. The molecule has 3 aliphatic rings. The van der Waals surface area contributed by atoms with Crippen LogP contribution in [0.3, 0.4) is 0 Å². The molecule has 6 heteroatoms. The first-order chi connectivity index (χ1) is 14.7. The van der Waals surface area contributed by atoms with Crippen LogP contribution in [0, 0.1) is 6.92 Å². The van der Waals surface area contributed by atoms with Gasteiger partial charge in [-0.2, -0.15) is 5.10 Å². The lowest BCUT2D eigenvalue weighted by Gasteiger charge is -2.37. The summed E-state index contributed by atoms with van der Waals surface area (Å²) >= 11 is 0. The summed E-state index contributed by atoms with van der Waals surface area (Å²) in [7, 11) is 0. The van der Waals surface area contributed by atoms with E-state index < -0.39 is 0 Å². The molecule has 2 saturated heterocycles. The average Bonchev–Trinajstić information content (AvgIpc) is 3.44. The second kappa shape index (κ2) is 6.91.